The molecule has 2 N–H and O–H groups in total. The fraction of sp³-hybridized carbons (Fsp3) is 0.136. The molecule has 4 nitrogen and oxygen atoms in total. The average molecular weight is 482 g/mol. The van der Waals surface area contributed by atoms with Crippen molar-refractivity contribution in [3.05, 3.63) is 87.3 Å². The van der Waals surface area contributed by atoms with Gasteiger partial charge in [0, 0.05) is 20.2 Å². The molecule has 0 aliphatic carbocycles. The minimum Gasteiger partial charge on any atom is -0.507 e. The molecule has 0 aliphatic rings. The summed E-state index contributed by atoms with van der Waals surface area (Å²) in [7, 11) is -2.70. The van der Waals surface area contributed by atoms with Crippen LogP contribution in [0.3, 0.4) is 0 Å². The lowest BCUT2D eigenvalue weighted by molar-refractivity contribution is 0.263. The topological polar surface area (TPSA) is 66.8 Å². The Bertz CT molecular complexity index is 1360. The number of benzene rings is 3. The van der Waals surface area contributed by atoms with E-state index in [1.165, 1.54) is 5.56 Å². The van der Waals surface area contributed by atoms with Crippen molar-refractivity contribution in [3.63, 3.8) is 0 Å². The van der Waals surface area contributed by atoms with Crippen LogP contribution in [-0.2, 0) is 0 Å². The first kappa shape index (κ1) is 24.6. The van der Waals surface area contributed by atoms with Gasteiger partial charge in [-0.1, -0.05) is 32.0 Å². The van der Waals surface area contributed by atoms with E-state index in [0.29, 0.717) is 5.92 Å². The van der Waals surface area contributed by atoms with Crippen LogP contribution < -0.4 is 10.1 Å². The fourth-order valence-corrected chi connectivity index (χ4v) is 4.03. The minimum absolute atomic E-state index is 0.154. The summed E-state index contributed by atoms with van der Waals surface area (Å²) in [5, 5.41) is 18.0. The number of halogens is 5. The van der Waals surface area contributed by atoms with Gasteiger partial charge in [-0.2, -0.15) is 8.78 Å². The van der Waals surface area contributed by atoms with Crippen LogP contribution in [0, 0.1) is 29.1 Å². The van der Waals surface area contributed by atoms with Crippen LogP contribution in [0.25, 0.3) is 20.2 Å². The summed E-state index contributed by atoms with van der Waals surface area (Å²) in [6, 6.07) is 14.1. The molecule has 0 radical (unpaired) electrons. The summed E-state index contributed by atoms with van der Waals surface area (Å²) in [5.41, 5.74) is 1.38. The lowest BCUT2D eigenvalue weighted by Gasteiger charge is -2.08. The van der Waals surface area contributed by atoms with Gasteiger partial charge in [-0.15, -0.1) is 11.3 Å². The van der Waals surface area contributed by atoms with E-state index < -0.39 is 42.2 Å². The van der Waals surface area contributed by atoms with E-state index in [2.05, 4.69) is 30.6 Å². The molecule has 0 saturated carbocycles. The Morgan fingerprint density at radius 1 is 0.818 bits per heavy atom. The van der Waals surface area contributed by atoms with Crippen molar-refractivity contribution >= 4 is 38.8 Å². The second-order valence-corrected chi connectivity index (χ2v) is 8.26. The van der Waals surface area contributed by atoms with Crippen molar-refractivity contribution in [2.75, 3.05) is 0 Å². The molecule has 4 aromatic rings. The quantitative estimate of drug-likeness (QED) is 0.137. The number of hydrogen-bond donors (Lipinski definition) is 2. The molecule has 0 fully saturated rings. The first-order chi connectivity index (χ1) is 15.5. The molecule has 3 aromatic carbocycles. The van der Waals surface area contributed by atoms with E-state index in [4.69, 9.17) is 10.0 Å². The molecular weight excluding hydrogens is 466 g/mol. The lowest BCUT2D eigenvalue weighted by atomic mass is 10.0. The molecular formula is C22H16BF5O4S. The van der Waals surface area contributed by atoms with E-state index in [-0.39, 0.29) is 5.43 Å². The van der Waals surface area contributed by atoms with Crippen molar-refractivity contribution in [1.29, 1.82) is 0 Å². The van der Waals surface area contributed by atoms with Crippen LogP contribution >= 0.6 is 11.3 Å². The maximum atomic E-state index is 12.7. The van der Waals surface area contributed by atoms with Crippen LogP contribution in [0.15, 0.2) is 47.3 Å². The molecule has 1 heterocycles. The molecule has 0 bridgehead atoms. The Kier molecular flexibility index (Phi) is 7.36. The van der Waals surface area contributed by atoms with Gasteiger partial charge in [-0.25, -0.2) is 13.2 Å². The average Bonchev–Trinajstić information content (AvgIpc) is 2.79. The smallest absolute Gasteiger partial charge is 0.507 e. The Labute approximate surface area is 188 Å². The molecule has 1 aromatic heterocycles. The third-order valence-corrected chi connectivity index (χ3v) is 5.81. The molecule has 0 atom stereocenters. The van der Waals surface area contributed by atoms with Gasteiger partial charge in [0.25, 0.3) is 0 Å². The number of rotatable bonds is 3. The fourth-order valence-electron chi connectivity index (χ4n) is 2.97. The lowest BCUT2D eigenvalue weighted by Crippen LogP contribution is -2.23. The molecule has 33 heavy (non-hydrogen) atoms. The Morgan fingerprint density at radius 2 is 1.36 bits per heavy atom. The third kappa shape index (κ3) is 5.00. The van der Waals surface area contributed by atoms with Gasteiger partial charge in [-0.05, 0) is 35.7 Å². The van der Waals surface area contributed by atoms with Crippen LogP contribution in [0.1, 0.15) is 25.3 Å². The Hall–Kier alpha value is -3.02. The van der Waals surface area contributed by atoms with Crippen LogP contribution in [-0.4, -0.2) is 17.4 Å². The zero-order chi connectivity index (χ0) is 24.4. The molecule has 0 amide bonds. The summed E-state index contributed by atoms with van der Waals surface area (Å²) in [6.07, 6.45) is 0. The highest BCUT2D eigenvalue weighted by molar-refractivity contribution is 7.24. The van der Waals surface area contributed by atoms with Gasteiger partial charge < -0.3 is 14.7 Å². The van der Waals surface area contributed by atoms with Gasteiger partial charge in [0.05, 0.1) is 0 Å². The van der Waals surface area contributed by atoms with Crippen LogP contribution in [0.4, 0.5) is 22.0 Å². The van der Waals surface area contributed by atoms with Crippen molar-refractivity contribution in [2.24, 2.45) is 0 Å². The molecule has 172 valence electrons. The van der Waals surface area contributed by atoms with Crippen molar-refractivity contribution in [1.82, 2.24) is 0 Å². The molecule has 11 heteroatoms. The molecule has 0 aliphatic heterocycles. The van der Waals surface area contributed by atoms with E-state index >= 15 is 0 Å². The zero-order valence-corrected chi connectivity index (χ0v) is 18.0. The third-order valence-electron chi connectivity index (χ3n) is 4.66. The summed E-state index contributed by atoms with van der Waals surface area (Å²) in [5.74, 6) is -12.7. The van der Waals surface area contributed by atoms with Gasteiger partial charge >= 0.3 is 7.32 Å². The van der Waals surface area contributed by atoms with E-state index in [9.17, 15) is 26.7 Å². The second-order valence-electron chi connectivity index (χ2n) is 7.18. The van der Waals surface area contributed by atoms with E-state index in [1.54, 1.807) is 11.3 Å². The van der Waals surface area contributed by atoms with E-state index in [0.717, 1.165) is 20.2 Å². The predicted molar refractivity (Wildman–Crippen MR) is 117 cm³/mol. The SMILES string of the molecule is CC(C)c1ccc2sc3ccccc3c(=O)c2c1.OB(O)Oc1c(F)c(F)c(F)c(F)c1F. The Balaban J connectivity index is 0.000000190. The van der Waals surface area contributed by atoms with Crippen molar-refractivity contribution < 1.29 is 36.7 Å². The first-order valence-corrected chi connectivity index (χ1v) is 10.3. The van der Waals surface area contributed by atoms with Gasteiger partial charge in [0.2, 0.25) is 29.1 Å². The van der Waals surface area contributed by atoms with Crippen LogP contribution in [0.2, 0.25) is 0 Å². The highest BCUT2D eigenvalue weighted by Crippen LogP contribution is 2.29. The molecule has 0 unspecified atom stereocenters. The summed E-state index contributed by atoms with van der Waals surface area (Å²) in [4.78, 5) is 12.5. The molecule has 0 saturated heterocycles. The predicted octanol–water partition coefficient (Wildman–Crippen LogP) is 5.27. The summed E-state index contributed by atoms with van der Waals surface area (Å²) in [6.45, 7) is 4.30. The maximum Gasteiger partial charge on any atom is 0.707 e. The van der Waals surface area contributed by atoms with Gasteiger partial charge in [-0.3, -0.25) is 4.79 Å². The zero-order valence-electron chi connectivity index (χ0n) is 17.2. The van der Waals surface area contributed by atoms with Crippen LogP contribution in [0.5, 0.6) is 5.75 Å². The molecule has 0 spiro atoms. The largest absolute Gasteiger partial charge is 0.707 e. The van der Waals surface area contributed by atoms with E-state index in [1.807, 2.05) is 30.3 Å². The van der Waals surface area contributed by atoms with Crippen molar-refractivity contribution in [2.45, 2.75) is 19.8 Å². The summed E-state index contributed by atoms with van der Waals surface area (Å²) >= 11 is 1.69. The monoisotopic (exact) mass is 482 g/mol. The normalized spacial score (nSPS) is 11.0. The van der Waals surface area contributed by atoms with Gasteiger partial charge in [0.15, 0.2) is 11.2 Å². The molecule has 4 rings (SSSR count). The first-order valence-electron chi connectivity index (χ1n) is 9.52. The minimum atomic E-state index is -2.70. The van der Waals surface area contributed by atoms with Gasteiger partial charge in [0.1, 0.15) is 0 Å². The summed E-state index contributed by atoms with van der Waals surface area (Å²) < 4.78 is 68.5. The maximum absolute atomic E-state index is 12.7. The second kappa shape index (κ2) is 9.86. The Morgan fingerprint density at radius 3 is 1.94 bits per heavy atom. The highest BCUT2D eigenvalue weighted by Gasteiger charge is 2.29. The highest BCUT2D eigenvalue weighted by atomic mass is 32.1. The van der Waals surface area contributed by atoms with Crippen molar-refractivity contribution in [3.8, 4) is 5.75 Å². The standard InChI is InChI=1S/C16H14OS.C6H2BF5O3/c1-10(2)11-7-8-15-13(9-11)16(17)12-5-3-4-6-14(12)18-15;8-1-2(9)4(11)6(15-7(13)14)5(12)3(1)10/h3-10H,1-2H3;13-14H. The number of fused-ring (bicyclic) bond motifs is 2. The number of hydrogen-bond acceptors (Lipinski definition) is 5.